The van der Waals surface area contributed by atoms with Gasteiger partial charge in [0.15, 0.2) is 0 Å². The Balaban J connectivity index is 1.35. The molecule has 3 atom stereocenters. The van der Waals surface area contributed by atoms with Crippen molar-refractivity contribution in [2.75, 3.05) is 26.7 Å². The Hall–Kier alpha value is -2.48. The van der Waals surface area contributed by atoms with Crippen molar-refractivity contribution in [1.82, 2.24) is 9.88 Å². The van der Waals surface area contributed by atoms with Crippen molar-refractivity contribution >= 4 is 28.2 Å². The van der Waals surface area contributed by atoms with E-state index in [1.54, 1.807) is 13.3 Å². The molecule has 0 aliphatic carbocycles. The zero-order valence-electron chi connectivity index (χ0n) is 21.4. The number of benzene rings is 1. The fourth-order valence-electron chi connectivity index (χ4n) is 5.56. The van der Waals surface area contributed by atoms with Gasteiger partial charge in [0, 0.05) is 34.3 Å². The van der Waals surface area contributed by atoms with Crippen LogP contribution in [0.4, 0.5) is 0 Å². The van der Waals surface area contributed by atoms with Gasteiger partial charge in [0.05, 0.1) is 18.7 Å². The molecule has 1 aromatic carbocycles. The number of carbonyl (C=O) groups is 1. The molecule has 4 rings (SSSR count). The van der Waals surface area contributed by atoms with Crippen LogP contribution in [-0.2, 0) is 11.2 Å². The van der Waals surface area contributed by atoms with Gasteiger partial charge >= 0.3 is 5.97 Å². The van der Waals surface area contributed by atoms with E-state index in [4.69, 9.17) is 4.74 Å². The van der Waals surface area contributed by atoms with Gasteiger partial charge in [0.25, 0.3) is 0 Å². The minimum atomic E-state index is -0.726. The van der Waals surface area contributed by atoms with E-state index >= 15 is 0 Å². The number of fused-ring (bicyclic) bond motifs is 1. The molecule has 0 spiro atoms. The maximum absolute atomic E-state index is 11.3. The Morgan fingerprint density at radius 2 is 2.08 bits per heavy atom. The van der Waals surface area contributed by atoms with Crippen LogP contribution in [0.3, 0.4) is 0 Å². The largest absolute Gasteiger partial charge is 0.497 e. The quantitative estimate of drug-likeness (QED) is 0.317. The first-order valence-corrected chi connectivity index (χ1v) is 13.8. The SMILES string of the molecule is COc1ccc2nccc([C@@H](O)CCC3CCN(CCCc4ccc(C)s4)CC3CCC(=O)O)c2c1. The van der Waals surface area contributed by atoms with Crippen LogP contribution in [-0.4, -0.2) is 52.8 Å². The zero-order valence-corrected chi connectivity index (χ0v) is 22.2. The van der Waals surface area contributed by atoms with E-state index in [1.807, 2.05) is 35.6 Å². The van der Waals surface area contributed by atoms with E-state index in [1.165, 1.54) is 9.75 Å². The molecule has 194 valence electrons. The predicted octanol–water partition coefficient (Wildman–Crippen LogP) is 5.86. The summed E-state index contributed by atoms with van der Waals surface area (Å²) >= 11 is 1.88. The maximum Gasteiger partial charge on any atom is 0.303 e. The number of aliphatic hydroxyl groups is 1. The Morgan fingerprint density at radius 1 is 1.22 bits per heavy atom. The number of carboxylic acid groups (broad SMARTS) is 1. The first-order valence-electron chi connectivity index (χ1n) is 13.0. The summed E-state index contributed by atoms with van der Waals surface area (Å²) in [6, 6.07) is 12.1. The van der Waals surface area contributed by atoms with Crippen LogP contribution in [0.2, 0.25) is 0 Å². The standard InChI is InChI=1S/C29H38N2O4S/c1-20-5-9-24(36-20)4-3-16-31-17-14-21(22(19-31)7-12-29(33)34)6-11-28(32)25-13-15-30-27-10-8-23(35-2)18-26(25)27/h5,8-10,13,15,18,21-22,28,32H,3-4,6-7,11-12,14,16-17,19H2,1-2H3,(H,33,34)/t21?,22?,28-/m0/s1. The number of methoxy groups -OCH3 is 1. The molecule has 3 heterocycles. The smallest absolute Gasteiger partial charge is 0.303 e. The number of hydrogen-bond donors (Lipinski definition) is 2. The summed E-state index contributed by atoms with van der Waals surface area (Å²) in [5.41, 5.74) is 1.72. The zero-order chi connectivity index (χ0) is 25.5. The van der Waals surface area contributed by atoms with E-state index in [9.17, 15) is 15.0 Å². The number of thiophene rings is 1. The van der Waals surface area contributed by atoms with Gasteiger partial charge in [-0.05, 0) is 112 Å². The number of aryl methyl sites for hydroxylation is 2. The number of piperidine rings is 1. The second-order valence-corrected chi connectivity index (χ2v) is 11.4. The van der Waals surface area contributed by atoms with Gasteiger partial charge in [0.2, 0.25) is 0 Å². The van der Waals surface area contributed by atoms with Crippen molar-refractivity contribution in [3.05, 3.63) is 57.9 Å². The summed E-state index contributed by atoms with van der Waals surface area (Å²) in [7, 11) is 1.64. The summed E-state index contributed by atoms with van der Waals surface area (Å²) in [4.78, 5) is 21.1. The maximum atomic E-state index is 11.3. The highest BCUT2D eigenvalue weighted by molar-refractivity contribution is 7.11. The molecule has 1 aliphatic heterocycles. The Morgan fingerprint density at radius 3 is 2.83 bits per heavy atom. The number of ether oxygens (including phenoxy) is 1. The van der Waals surface area contributed by atoms with E-state index in [-0.39, 0.29) is 6.42 Å². The lowest BCUT2D eigenvalue weighted by Gasteiger charge is -2.39. The number of pyridine rings is 1. The number of nitrogens with zero attached hydrogens (tertiary/aromatic N) is 2. The highest BCUT2D eigenvalue weighted by Crippen LogP contribution is 2.35. The second kappa shape index (κ2) is 12.7. The highest BCUT2D eigenvalue weighted by Gasteiger charge is 2.30. The lowest BCUT2D eigenvalue weighted by Crippen LogP contribution is -2.41. The third-order valence-corrected chi connectivity index (χ3v) is 8.61. The molecule has 0 bridgehead atoms. The van der Waals surface area contributed by atoms with Gasteiger partial charge in [0.1, 0.15) is 5.75 Å². The Kier molecular flexibility index (Phi) is 9.35. The summed E-state index contributed by atoms with van der Waals surface area (Å²) in [5, 5.41) is 21.3. The molecule has 7 heteroatoms. The highest BCUT2D eigenvalue weighted by atomic mass is 32.1. The van der Waals surface area contributed by atoms with Crippen molar-refractivity contribution < 1.29 is 19.7 Å². The lowest BCUT2D eigenvalue weighted by molar-refractivity contribution is -0.137. The summed E-state index contributed by atoms with van der Waals surface area (Å²) in [6.45, 7) is 5.20. The summed E-state index contributed by atoms with van der Waals surface area (Å²) < 4.78 is 5.38. The van der Waals surface area contributed by atoms with Crippen molar-refractivity contribution in [2.24, 2.45) is 11.8 Å². The average molecular weight is 511 g/mol. The van der Waals surface area contributed by atoms with Gasteiger partial charge in [-0.1, -0.05) is 0 Å². The molecule has 2 aromatic heterocycles. The molecular weight excluding hydrogens is 472 g/mol. The van der Waals surface area contributed by atoms with E-state index in [0.717, 1.165) is 67.5 Å². The van der Waals surface area contributed by atoms with Crippen molar-refractivity contribution in [3.8, 4) is 5.75 Å². The predicted molar refractivity (Wildman–Crippen MR) is 145 cm³/mol. The van der Waals surface area contributed by atoms with Crippen LogP contribution in [0.1, 0.15) is 59.9 Å². The van der Waals surface area contributed by atoms with Crippen LogP contribution in [0.25, 0.3) is 10.9 Å². The van der Waals surface area contributed by atoms with Crippen LogP contribution in [0.15, 0.2) is 42.6 Å². The third kappa shape index (κ3) is 7.05. The van der Waals surface area contributed by atoms with Crippen LogP contribution in [0.5, 0.6) is 5.75 Å². The third-order valence-electron chi connectivity index (χ3n) is 7.55. The number of hydrogen-bond acceptors (Lipinski definition) is 6. The number of aliphatic carboxylic acids is 1. The Bertz CT molecular complexity index is 1150. The van der Waals surface area contributed by atoms with E-state index in [2.05, 4.69) is 28.9 Å². The number of rotatable bonds is 12. The monoisotopic (exact) mass is 510 g/mol. The molecule has 36 heavy (non-hydrogen) atoms. The minimum Gasteiger partial charge on any atom is -0.497 e. The van der Waals surface area contributed by atoms with Crippen molar-refractivity contribution in [2.45, 2.75) is 58.0 Å². The fourth-order valence-corrected chi connectivity index (χ4v) is 6.50. The van der Waals surface area contributed by atoms with Crippen molar-refractivity contribution in [3.63, 3.8) is 0 Å². The topological polar surface area (TPSA) is 82.9 Å². The fraction of sp³-hybridized carbons (Fsp3) is 0.517. The van der Waals surface area contributed by atoms with Crippen LogP contribution in [0, 0.1) is 18.8 Å². The average Bonchev–Trinajstić information content (AvgIpc) is 3.30. The molecule has 0 radical (unpaired) electrons. The number of aromatic nitrogens is 1. The van der Waals surface area contributed by atoms with Crippen LogP contribution >= 0.6 is 11.3 Å². The first-order chi connectivity index (χ1) is 17.4. The van der Waals surface area contributed by atoms with Gasteiger partial charge in [-0.15, -0.1) is 11.3 Å². The first kappa shape index (κ1) is 26.6. The van der Waals surface area contributed by atoms with Gasteiger partial charge in [-0.2, -0.15) is 0 Å². The summed E-state index contributed by atoms with van der Waals surface area (Å²) in [6.07, 6.45) is 6.91. The minimum absolute atomic E-state index is 0.209. The van der Waals surface area contributed by atoms with Crippen LogP contribution < -0.4 is 4.74 Å². The molecule has 1 aliphatic rings. The Labute approximate surface area is 217 Å². The normalized spacial score (nSPS) is 19.4. The molecule has 0 saturated carbocycles. The number of carboxylic acids is 1. The lowest BCUT2D eigenvalue weighted by atomic mass is 9.79. The van der Waals surface area contributed by atoms with E-state index < -0.39 is 12.1 Å². The molecule has 2 unspecified atom stereocenters. The number of likely N-dealkylation sites (tertiary alicyclic amines) is 1. The van der Waals surface area contributed by atoms with Gasteiger partial charge in [-0.3, -0.25) is 9.78 Å². The molecular formula is C29H38N2O4S. The molecule has 0 amide bonds. The molecule has 1 fully saturated rings. The van der Waals surface area contributed by atoms with E-state index in [0.29, 0.717) is 24.7 Å². The van der Waals surface area contributed by atoms with Crippen molar-refractivity contribution in [1.29, 1.82) is 0 Å². The second-order valence-electron chi connectivity index (χ2n) is 10.0. The van der Waals surface area contributed by atoms with Gasteiger partial charge < -0.3 is 19.8 Å². The number of aliphatic hydroxyl groups excluding tert-OH is 1. The molecule has 2 N–H and O–H groups in total. The molecule has 1 saturated heterocycles. The van der Waals surface area contributed by atoms with Gasteiger partial charge in [-0.25, -0.2) is 0 Å². The summed E-state index contributed by atoms with van der Waals surface area (Å²) in [5.74, 6) is 0.800. The molecule has 6 nitrogen and oxygen atoms in total. The molecule has 3 aromatic rings.